The van der Waals surface area contributed by atoms with E-state index in [9.17, 15) is 4.79 Å². The predicted octanol–water partition coefficient (Wildman–Crippen LogP) is 2.68. The minimum atomic E-state index is -0.147. The maximum Gasteiger partial charge on any atom is 0.255 e. The summed E-state index contributed by atoms with van der Waals surface area (Å²) in [4.78, 5) is 17.1. The Labute approximate surface area is 142 Å². The van der Waals surface area contributed by atoms with Crippen LogP contribution in [0.1, 0.15) is 60.4 Å². The van der Waals surface area contributed by atoms with Gasteiger partial charge in [-0.05, 0) is 38.8 Å². The third-order valence-corrected chi connectivity index (χ3v) is 4.45. The van der Waals surface area contributed by atoms with Crippen molar-refractivity contribution in [3.63, 3.8) is 0 Å². The molecule has 1 aliphatic rings. The first kappa shape index (κ1) is 16.6. The first-order chi connectivity index (χ1) is 11.7. The minimum absolute atomic E-state index is 0.0886. The standard InChI is InChI=1S/C18H24N4O2/c1-3-22-12-15(17(21-22)14-7-10-24-11-8-14)18(23)20-13(2)16-6-4-5-9-19-16/h4-6,9,12-14H,3,7-8,10-11H2,1-2H3,(H,20,23)/t13-/m1/s1. The number of nitrogens with zero attached hydrogens (tertiary/aromatic N) is 3. The summed E-state index contributed by atoms with van der Waals surface area (Å²) in [6.45, 7) is 6.18. The second-order valence-corrected chi connectivity index (χ2v) is 6.12. The lowest BCUT2D eigenvalue weighted by atomic mass is 9.93. The van der Waals surface area contributed by atoms with Gasteiger partial charge in [0.05, 0.1) is 23.0 Å². The molecule has 0 aliphatic carbocycles. The zero-order valence-electron chi connectivity index (χ0n) is 14.2. The molecule has 6 heteroatoms. The number of pyridine rings is 1. The Hall–Kier alpha value is -2.21. The van der Waals surface area contributed by atoms with Crippen molar-refractivity contribution < 1.29 is 9.53 Å². The monoisotopic (exact) mass is 328 g/mol. The maximum atomic E-state index is 12.8. The van der Waals surface area contributed by atoms with Crippen molar-refractivity contribution in [2.75, 3.05) is 13.2 Å². The molecule has 2 aromatic heterocycles. The number of amides is 1. The molecular weight excluding hydrogens is 304 g/mol. The summed E-state index contributed by atoms with van der Waals surface area (Å²) in [5, 5.41) is 7.68. The molecule has 1 saturated heterocycles. The zero-order valence-corrected chi connectivity index (χ0v) is 14.2. The SMILES string of the molecule is CCn1cc(C(=O)N[C@H](C)c2ccccn2)c(C2CCOCC2)n1. The van der Waals surface area contributed by atoms with Crippen LogP contribution < -0.4 is 5.32 Å². The number of carbonyl (C=O) groups is 1. The highest BCUT2D eigenvalue weighted by molar-refractivity contribution is 5.95. The number of hydrogen-bond acceptors (Lipinski definition) is 4. The summed E-state index contributed by atoms with van der Waals surface area (Å²) in [5.41, 5.74) is 2.42. The van der Waals surface area contributed by atoms with Gasteiger partial charge in [0, 0.05) is 38.1 Å². The van der Waals surface area contributed by atoms with Crippen molar-refractivity contribution in [2.24, 2.45) is 0 Å². The van der Waals surface area contributed by atoms with Gasteiger partial charge in [-0.2, -0.15) is 5.10 Å². The Morgan fingerprint density at radius 2 is 2.21 bits per heavy atom. The summed E-state index contributed by atoms with van der Waals surface area (Å²) in [5.74, 6) is 0.201. The molecule has 6 nitrogen and oxygen atoms in total. The normalized spacial score (nSPS) is 16.8. The van der Waals surface area contributed by atoms with Crippen LogP contribution in [0.25, 0.3) is 0 Å². The molecule has 128 valence electrons. The van der Waals surface area contributed by atoms with Crippen LogP contribution in [0.2, 0.25) is 0 Å². The number of aryl methyl sites for hydroxylation is 1. The largest absolute Gasteiger partial charge is 0.381 e. The Balaban J connectivity index is 1.79. The van der Waals surface area contributed by atoms with Crippen LogP contribution in [0.3, 0.4) is 0 Å². The Morgan fingerprint density at radius 3 is 2.88 bits per heavy atom. The average molecular weight is 328 g/mol. The molecule has 0 bridgehead atoms. The summed E-state index contributed by atoms with van der Waals surface area (Å²) >= 11 is 0. The number of nitrogens with one attached hydrogen (secondary N) is 1. The fourth-order valence-corrected chi connectivity index (χ4v) is 3.03. The molecule has 1 atom stereocenters. The van der Waals surface area contributed by atoms with E-state index >= 15 is 0 Å². The highest BCUT2D eigenvalue weighted by Gasteiger charge is 2.26. The molecule has 1 N–H and O–H groups in total. The van der Waals surface area contributed by atoms with Gasteiger partial charge >= 0.3 is 0 Å². The van der Waals surface area contributed by atoms with E-state index < -0.39 is 0 Å². The summed E-state index contributed by atoms with van der Waals surface area (Å²) < 4.78 is 7.27. The molecule has 3 rings (SSSR count). The van der Waals surface area contributed by atoms with Crippen molar-refractivity contribution in [2.45, 2.75) is 45.2 Å². The molecule has 0 spiro atoms. The van der Waals surface area contributed by atoms with E-state index in [4.69, 9.17) is 4.74 Å². The van der Waals surface area contributed by atoms with Gasteiger partial charge in [0.25, 0.3) is 5.91 Å². The van der Waals surface area contributed by atoms with Crippen molar-refractivity contribution in [3.8, 4) is 0 Å². The smallest absolute Gasteiger partial charge is 0.255 e. The number of rotatable bonds is 5. The van der Waals surface area contributed by atoms with Crippen LogP contribution >= 0.6 is 0 Å². The van der Waals surface area contributed by atoms with E-state index in [0.717, 1.165) is 44.0 Å². The first-order valence-electron chi connectivity index (χ1n) is 8.56. The fraction of sp³-hybridized carbons (Fsp3) is 0.500. The number of aromatic nitrogens is 3. The third-order valence-electron chi connectivity index (χ3n) is 4.45. The lowest BCUT2D eigenvalue weighted by Gasteiger charge is -2.21. The van der Waals surface area contributed by atoms with Gasteiger partial charge in [0.1, 0.15) is 0 Å². The summed E-state index contributed by atoms with van der Waals surface area (Å²) in [7, 11) is 0. The molecule has 3 heterocycles. The van der Waals surface area contributed by atoms with E-state index in [1.807, 2.05) is 42.9 Å². The Kier molecular flexibility index (Phi) is 5.25. The summed E-state index contributed by atoms with van der Waals surface area (Å²) in [6.07, 6.45) is 5.42. The van der Waals surface area contributed by atoms with Gasteiger partial charge in [-0.1, -0.05) is 6.07 Å². The van der Waals surface area contributed by atoms with Gasteiger partial charge < -0.3 is 10.1 Å². The summed E-state index contributed by atoms with van der Waals surface area (Å²) in [6, 6.07) is 5.56. The molecule has 0 radical (unpaired) electrons. The van der Waals surface area contributed by atoms with Gasteiger partial charge in [0.2, 0.25) is 0 Å². The second-order valence-electron chi connectivity index (χ2n) is 6.12. The van der Waals surface area contributed by atoms with Gasteiger partial charge in [-0.3, -0.25) is 14.5 Å². The molecule has 1 amide bonds. The van der Waals surface area contributed by atoms with Gasteiger partial charge in [-0.25, -0.2) is 0 Å². The lowest BCUT2D eigenvalue weighted by molar-refractivity contribution is 0.0831. The Morgan fingerprint density at radius 1 is 1.42 bits per heavy atom. The first-order valence-corrected chi connectivity index (χ1v) is 8.56. The van der Waals surface area contributed by atoms with E-state index in [-0.39, 0.29) is 17.9 Å². The Bertz CT molecular complexity index is 678. The van der Waals surface area contributed by atoms with Crippen LogP contribution in [-0.4, -0.2) is 33.9 Å². The van der Waals surface area contributed by atoms with Crippen LogP contribution in [-0.2, 0) is 11.3 Å². The molecule has 2 aromatic rings. The number of carbonyl (C=O) groups excluding carboxylic acids is 1. The highest BCUT2D eigenvalue weighted by Crippen LogP contribution is 2.28. The molecule has 1 fully saturated rings. The van der Waals surface area contributed by atoms with Crippen molar-refractivity contribution in [1.82, 2.24) is 20.1 Å². The highest BCUT2D eigenvalue weighted by atomic mass is 16.5. The van der Waals surface area contributed by atoms with Crippen LogP contribution in [0.15, 0.2) is 30.6 Å². The zero-order chi connectivity index (χ0) is 16.9. The van der Waals surface area contributed by atoms with Crippen LogP contribution in [0.4, 0.5) is 0 Å². The molecule has 24 heavy (non-hydrogen) atoms. The van der Waals surface area contributed by atoms with Crippen molar-refractivity contribution in [3.05, 3.63) is 47.5 Å². The van der Waals surface area contributed by atoms with Gasteiger partial charge in [-0.15, -0.1) is 0 Å². The second kappa shape index (κ2) is 7.57. The minimum Gasteiger partial charge on any atom is -0.381 e. The molecular formula is C18H24N4O2. The molecule has 0 aromatic carbocycles. The van der Waals surface area contributed by atoms with Crippen LogP contribution in [0, 0.1) is 0 Å². The molecule has 0 saturated carbocycles. The fourth-order valence-electron chi connectivity index (χ4n) is 3.03. The van der Waals surface area contributed by atoms with E-state index in [0.29, 0.717) is 5.56 Å². The van der Waals surface area contributed by atoms with Crippen molar-refractivity contribution in [1.29, 1.82) is 0 Å². The van der Waals surface area contributed by atoms with Gasteiger partial charge in [0.15, 0.2) is 0 Å². The lowest BCUT2D eigenvalue weighted by Crippen LogP contribution is -2.28. The van der Waals surface area contributed by atoms with E-state index in [2.05, 4.69) is 15.4 Å². The number of hydrogen-bond donors (Lipinski definition) is 1. The van der Waals surface area contributed by atoms with E-state index in [1.165, 1.54) is 0 Å². The quantitative estimate of drug-likeness (QED) is 0.916. The van der Waals surface area contributed by atoms with Crippen molar-refractivity contribution >= 4 is 5.91 Å². The maximum absolute atomic E-state index is 12.8. The number of ether oxygens (including phenoxy) is 1. The van der Waals surface area contributed by atoms with Crippen LogP contribution in [0.5, 0.6) is 0 Å². The average Bonchev–Trinajstić information content (AvgIpc) is 3.08. The topological polar surface area (TPSA) is 69.0 Å². The third kappa shape index (κ3) is 3.64. The molecule has 1 aliphatic heterocycles. The van der Waals surface area contributed by atoms with E-state index in [1.54, 1.807) is 6.20 Å². The predicted molar refractivity (Wildman–Crippen MR) is 90.8 cm³/mol. The molecule has 0 unspecified atom stereocenters.